The van der Waals surface area contributed by atoms with Crippen LogP contribution in [0.4, 0.5) is 22.0 Å². The van der Waals surface area contributed by atoms with E-state index in [1.54, 1.807) is 0 Å². The highest BCUT2D eigenvalue weighted by Crippen LogP contribution is 2.28. The first-order valence-electron chi connectivity index (χ1n) is 8.70. The Morgan fingerprint density at radius 3 is 2.20 bits per heavy atom. The number of benzene rings is 1. The number of nitrogens with zero attached hydrogens (tertiary/aromatic N) is 3. The molecule has 0 N–H and O–H groups in total. The summed E-state index contributed by atoms with van der Waals surface area (Å²) in [7, 11) is -4.24. The van der Waals surface area contributed by atoms with Gasteiger partial charge in [0.25, 0.3) is 5.91 Å². The number of halogens is 5. The summed E-state index contributed by atoms with van der Waals surface area (Å²) in [6.07, 6.45) is -4.64. The Morgan fingerprint density at radius 2 is 1.67 bits per heavy atom. The number of amides is 1. The monoisotopic (exact) mass is 449 g/mol. The van der Waals surface area contributed by atoms with Gasteiger partial charge < -0.3 is 4.90 Å². The van der Waals surface area contributed by atoms with Crippen molar-refractivity contribution in [1.82, 2.24) is 14.2 Å². The first kappa shape index (κ1) is 22.1. The number of hydrogen-bond donors (Lipinski definition) is 0. The van der Waals surface area contributed by atoms with Crippen LogP contribution in [0.15, 0.2) is 35.2 Å². The normalized spacial score (nSPS) is 16.0. The Bertz CT molecular complexity index is 1080. The highest BCUT2D eigenvalue weighted by Gasteiger charge is 2.35. The Morgan fingerprint density at radius 1 is 1.03 bits per heavy atom. The van der Waals surface area contributed by atoms with Crippen molar-refractivity contribution in [2.75, 3.05) is 26.2 Å². The number of carbonyl (C=O) groups is 1. The fourth-order valence-corrected chi connectivity index (χ4v) is 4.54. The predicted molar refractivity (Wildman–Crippen MR) is 95.0 cm³/mol. The van der Waals surface area contributed by atoms with Gasteiger partial charge in [-0.05, 0) is 31.2 Å². The summed E-state index contributed by atoms with van der Waals surface area (Å²) in [4.78, 5) is 16.7. The number of sulfonamides is 1. The number of pyridine rings is 1. The molecule has 1 aliphatic heterocycles. The second-order valence-electron chi connectivity index (χ2n) is 6.60. The van der Waals surface area contributed by atoms with E-state index in [0.29, 0.717) is 12.1 Å². The fraction of sp³-hybridized carbons (Fsp3) is 0.333. The lowest BCUT2D eigenvalue weighted by molar-refractivity contribution is -0.141. The smallest absolute Gasteiger partial charge is 0.336 e. The molecule has 0 radical (unpaired) electrons. The molecule has 12 heteroatoms. The third-order valence-corrected chi connectivity index (χ3v) is 6.58. The standard InChI is InChI=1S/C18H16F5N3O3S/c1-11-13(3-5-16(24-11)18(21,22)23)17(27)25-6-8-26(9-7-25)30(28,29)15-4-2-12(19)10-14(15)20/h2-5,10H,6-9H2,1H3. The van der Waals surface area contributed by atoms with Gasteiger partial charge in [0, 0.05) is 32.2 Å². The molecular formula is C18H16F5N3O3S. The van der Waals surface area contributed by atoms with E-state index >= 15 is 0 Å². The maximum Gasteiger partial charge on any atom is 0.433 e. The molecule has 1 fully saturated rings. The molecule has 6 nitrogen and oxygen atoms in total. The van der Waals surface area contributed by atoms with E-state index in [9.17, 15) is 35.2 Å². The van der Waals surface area contributed by atoms with Crippen LogP contribution in [-0.4, -0.2) is 54.7 Å². The molecule has 2 heterocycles. The van der Waals surface area contributed by atoms with Crippen molar-refractivity contribution in [3.05, 3.63) is 58.9 Å². The lowest BCUT2D eigenvalue weighted by Gasteiger charge is -2.34. The number of carbonyl (C=O) groups excluding carboxylic acids is 1. The average molecular weight is 449 g/mol. The first-order chi connectivity index (χ1) is 13.9. The molecule has 0 spiro atoms. The minimum Gasteiger partial charge on any atom is -0.336 e. The Balaban J connectivity index is 1.73. The van der Waals surface area contributed by atoms with Crippen LogP contribution in [0.25, 0.3) is 0 Å². The van der Waals surface area contributed by atoms with E-state index in [-0.39, 0.29) is 37.4 Å². The average Bonchev–Trinajstić information content (AvgIpc) is 2.66. The van der Waals surface area contributed by atoms with E-state index in [1.165, 1.54) is 11.8 Å². The number of aromatic nitrogens is 1. The summed E-state index contributed by atoms with van der Waals surface area (Å²) < 4.78 is 91.3. The highest BCUT2D eigenvalue weighted by atomic mass is 32.2. The molecule has 0 unspecified atom stereocenters. The van der Waals surface area contributed by atoms with Gasteiger partial charge in [-0.1, -0.05) is 0 Å². The summed E-state index contributed by atoms with van der Waals surface area (Å²) >= 11 is 0. The molecule has 3 rings (SSSR count). The molecule has 30 heavy (non-hydrogen) atoms. The molecule has 0 saturated carbocycles. The number of rotatable bonds is 3. The lowest BCUT2D eigenvalue weighted by Crippen LogP contribution is -2.50. The van der Waals surface area contributed by atoms with Crippen LogP contribution in [0.1, 0.15) is 21.7 Å². The fourth-order valence-electron chi connectivity index (χ4n) is 3.07. The zero-order valence-electron chi connectivity index (χ0n) is 15.6. The second-order valence-corrected chi connectivity index (χ2v) is 8.50. The summed E-state index contributed by atoms with van der Waals surface area (Å²) in [5.74, 6) is -2.72. The zero-order valence-corrected chi connectivity index (χ0v) is 16.4. The van der Waals surface area contributed by atoms with Gasteiger partial charge in [-0.2, -0.15) is 17.5 Å². The van der Waals surface area contributed by atoms with Crippen molar-refractivity contribution in [1.29, 1.82) is 0 Å². The lowest BCUT2D eigenvalue weighted by atomic mass is 10.1. The van der Waals surface area contributed by atoms with E-state index in [0.717, 1.165) is 22.5 Å². The molecule has 0 atom stereocenters. The molecule has 0 bridgehead atoms. The van der Waals surface area contributed by atoms with Gasteiger partial charge in [0.1, 0.15) is 22.2 Å². The molecule has 162 valence electrons. The van der Waals surface area contributed by atoms with Crippen LogP contribution in [0, 0.1) is 18.6 Å². The quantitative estimate of drug-likeness (QED) is 0.676. The van der Waals surface area contributed by atoms with Gasteiger partial charge >= 0.3 is 6.18 Å². The van der Waals surface area contributed by atoms with Crippen molar-refractivity contribution in [3.63, 3.8) is 0 Å². The van der Waals surface area contributed by atoms with Gasteiger partial charge in [0.05, 0.1) is 11.3 Å². The number of piperazine rings is 1. The first-order valence-corrected chi connectivity index (χ1v) is 10.1. The van der Waals surface area contributed by atoms with Crippen LogP contribution in [0.5, 0.6) is 0 Å². The van der Waals surface area contributed by atoms with Gasteiger partial charge in [0.2, 0.25) is 10.0 Å². The van der Waals surface area contributed by atoms with Crippen molar-refractivity contribution in [3.8, 4) is 0 Å². The Labute approximate surface area is 169 Å². The van der Waals surface area contributed by atoms with E-state index < -0.39 is 44.3 Å². The third kappa shape index (κ3) is 4.29. The van der Waals surface area contributed by atoms with Crippen molar-refractivity contribution >= 4 is 15.9 Å². The molecule has 1 amide bonds. The van der Waals surface area contributed by atoms with Gasteiger partial charge in [-0.15, -0.1) is 0 Å². The summed E-state index contributed by atoms with van der Waals surface area (Å²) in [6.45, 7) is 0.860. The zero-order chi connectivity index (χ0) is 22.3. The van der Waals surface area contributed by atoms with Crippen LogP contribution in [-0.2, 0) is 16.2 Å². The maximum atomic E-state index is 13.9. The minimum absolute atomic E-state index is 0.0242. The predicted octanol–water partition coefficient (Wildman–Crippen LogP) is 2.83. The Hall–Kier alpha value is -2.60. The van der Waals surface area contributed by atoms with Gasteiger partial charge in [-0.3, -0.25) is 4.79 Å². The second kappa shape index (κ2) is 7.91. The van der Waals surface area contributed by atoms with E-state index in [4.69, 9.17) is 0 Å². The SMILES string of the molecule is Cc1nc(C(F)(F)F)ccc1C(=O)N1CCN(S(=O)(=O)c2ccc(F)cc2F)CC1. The van der Waals surface area contributed by atoms with Crippen LogP contribution in [0.3, 0.4) is 0 Å². The minimum atomic E-state index is -4.64. The van der Waals surface area contributed by atoms with Crippen molar-refractivity contribution < 1.29 is 35.2 Å². The largest absolute Gasteiger partial charge is 0.433 e. The van der Waals surface area contributed by atoms with E-state index in [2.05, 4.69) is 4.98 Å². The van der Waals surface area contributed by atoms with Gasteiger partial charge in [0.15, 0.2) is 0 Å². The maximum absolute atomic E-state index is 13.9. The molecule has 1 saturated heterocycles. The molecule has 0 aliphatic carbocycles. The van der Waals surface area contributed by atoms with Gasteiger partial charge in [-0.25, -0.2) is 22.2 Å². The summed E-state index contributed by atoms with van der Waals surface area (Å²) in [6, 6.07) is 3.86. The number of hydrogen-bond acceptors (Lipinski definition) is 4. The highest BCUT2D eigenvalue weighted by molar-refractivity contribution is 7.89. The van der Waals surface area contributed by atoms with Crippen LogP contribution >= 0.6 is 0 Å². The molecule has 1 aromatic heterocycles. The Kier molecular flexibility index (Phi) is 5.83. The molecule has 2 aromatic rings. The number of aryl methyl sites for hydroxylation is 1. The van der Waals surface area contributed by atoms with Crippen molar-refractivity contribution in [2.45, 2.75) is 18.0 Å². The van der Waals surface area contributed by atoms with Crippen LogP contribution in [0.2, 0.25) is 0 Å². The molecular weight excluding hydrogens is 433 g/mol. The van der Waals surface area contributed by atoms with Crippen molar-refractivity contribution in [2.24, 2.45) is 0 Å². The summed E-state index contributed by atoms with van der Waals surface area (Å²) in [5, 5.41) is 0. The third-order valence-electron chi connectivity index (χ3n) is 4.64. The number of alkyl halides is 3. The molecule has 1 aromatic carbocycles. The van der Waals surface area contributed by atoms with Crippen LogP contribution < -0.4 is 0 Å². The molecule has 1 aliphatic rings. The summed E-state index contributed by atoms with van der Waals surface area (Å²) in [5.41, 5.74) is -1.24. The van der Waals surface area contributed by atoms with E-state index in [1.807, 2.05) is 0 Å². The topological polar surface area (TPSA) is 70.6 Å².